The molecule has 0 amide bonds. The first-order chi connectivity index (χ1) is 7.98. The van der Waals surface area contributed by atoms with E-state index in [-0.39, 0.29) is 11.0 Å². The minimum atomic E-state index is 0.0151. The second kappa shape index (κ2) is 6.43. The third-order valence-corrected chi connectivity index (χ3v) is 5.02. The predicted octanol–water partition coefficient (Wildman–Crippen LogP) is 4.11. The van der Waals surface area contributed by atoms with Crippen LogP contribution >= 0.6 is 44.5 Å². The van der Waals surface area contributed by atoms with Crippen molar-refractivity contribution in [3.05, 3.63) is 31.6 Å². The summed E-state index contributed by atoms with van der Waals surface area (Å²) < 4.78 is 3.26. The molecule has 17 heavy (non-hydrogen) atoms. The molecular weight excluding hydrogens is 366 g/mol. The van der Waals surface area contributed by atoms with Gasteiger partial charge in [-0.25, -0.2) is 0 Å². The number of pyridine rings is 1. The van der Waals surface area contributed by atoms with Crippen molar-refractivity contribution in [1.82, 2.24) is 4.57 Å². The van der Waals surface area contributed by atoms with Gasteiger partial charge in [0, 0.05) is 17.2 Å². The highest BCUT2D eigenvalue weighted by atomic mass is 79.9. The lowest BCUT2D eigenvalue weighted by Crippen LogP contribution is -2.33. The second-order valence-electron chi connectivity index (χ2n) is 4.30. The van der Waals surface area contributed by atoms with E-state index < -0.39 is 0 Å². The molecule has 0 atom stereocenters. The summed E-state index contributed by atoms with van der Waals surface area (Å²) >= 11 is 11.1. The number of nitrogens with zero attached hydrogens (tertiary/aromatic N) is 1. The van der Waals surface area contributed by atoms with Crippen molar-refractivity contribution in [2.45, 2.75) is 33.2 Å². The van der Waals surface area contributed by atoms with Crippen LogP contribution in [0.15, 0.2) is 26.0 Å². The Morgan fingerprint density at radius 1 is 1.35 bits per heavy atom. The van der Waals surface area contributed by atoms with Crippen LogP contribution in [0.3, 0.4) is 0 Å². The van der Waals surface area contributed by atoms with Crippen LogP contribution in [-0.4, -0.2) is 10.3 Å². The normalized spacial score (nSPS) is 11.8. The number of aromatic nitrogens is 1. The fourth-order valence-electron chi connectivity index (χ4n) is 1.79. The van der Waals surface area contributed by atoms with Gasteiger partial charge in [-0.3, -0.25) is 4.79 Å². The van der Waals surface area contributed by atoms with Gasteiger partial charge in [0.1, 0.15) is 0 Å². The molecule has 1 aromatic heterocycles. The van der Waals surface area contributed by atoms with Gasteiger partial charge >= 0.3 is 0 Å². The summed E-state index contributed by atoms with van der Waals surface area (Å²) in [4.78, 5) is 12.0. The van der Waals surface area contributed by atoms with E-state index in [1.807, 2.05) is 6.20 Å². The largest absolute Gasteiger partial charge is 0.313 e. The highest BCUT2D eigenvalue weighted by Gasteiger charge is 2.25. The lowest BCUT2D eigenvalue weighted by atomic mass is 9.84. The van der Waals surface area contributed by atoms with Crippen LogP contribution in [0.25, 0.3) is 0 Å². The summed E-state index contributed by atoms with van der Waals surface area (Å²) in [6.45, 7) is 5.01. The monoisotopic (exact) mass is 381 g/mol. The average molecular weight is 383 g/mol. The standard InChI is InChI=1S/C12H17Br2NOS/c1-3-12(4-2,8-17)7-15-6-9(13)5-10(14)11(15)16/h5-6,17H,3-4,7-8H2,1-2H3. The molecule has 0 spiro atoms. The molecule has 96 valence electrons. The third-order valence-electron chi connectivity index (χ3n) is 3.35. The smallest absolute Gasteiger partial charge is 0.264 e. The summed E-state index contributed by atoms with van der Waals surface area (Å²) in [5, 5.41) is 0. The van der Waals surface area contributed by atoms with Crippen LogP contribution in [0, 0.1) is 5.41 Å². The minimum absolute atomic E-state index is 0.0151. The number of rotatable bonds is 5. The highest BCUT2D eigenvalue weighted by Crippen LogP contribution is 2.30. The van der Waals surface area contributed by atoms with Crippen LogP contribution in [0.5, 0.6) is 0 Å². The van der Waals surface area contributed by atoms with Gasteiger partial charge in [0.15, 0.2) is 0 Å². The number of halogens is 2. The lowest BCUT2D eigenvalue weighted by Gasteiger charge is -2.30. The van der Waals surface area contributed by atoms with Crippen molar-refractivity contribution in [2.24, 2.45) is 5.41 Å². The molecular formula is C12H17Br2NOS. The first-order valence-corrected chi connectivity index (χ1v) is 7.86. The summed E-state index contributed by atoms with van der Waals surface area (Å²) in [6, 6.07) is 1.78. The van der Waals surface area contributed by atoms with Gasteiger partial charge in [-0.15, -0.1) is 0 Å². The first-order valence-electron chi connectivity index (χ1n) is 5.64. The van der Waals surface area contributed by atoms with Gasteiger partial charge in [0.2, 0.25) is 0 Å². The van der Waals surface area contributed by atoms with Crippen molar-refractivity contribution in [2.75, 3.05) is 5.75 Å². The Morgan fingerprint density at radius 2 is 1.94 bits per heavy atom. The van der Waals surface area contributed by atoms with Crippen LogP contribution < -0.4 is 5.56 Å². The van der Waals surface area contributed by atoms with Crippen LogP contribution in [0.4, 0.5) is 0 Å². The molecule has 0 saturated carbocycles. The summed E-state index contributed by atoms with van der Waals surface area (Å²) in [6.07, 6.45) is 3.88. The quantitative estimate of drug-likeness (QED) is 0.760. The second-order valence-corrected chi connectivity index (χ2v) is 6.39. The van der Waals surface area contributed by atoms with E-state index in [4.69, 9.17) is 0 Å². The average Bonchev–Trinajstić information content (AvgIpc) is 2.32. The molecule has 0 aliphatic rings. The summed E-state index contributed by atoms with van der Waals surface area (Å²) in [5.41, 5.74) is 0.106. The zero-order valence-electron chi connectivity index (χ0n) is 10.0. The molecule has 1 aromatic rings. The number of hydrogen-bond donors (Lipinski definition) is 1. The lowest BCUT2D eigenvalue weighted by molar-refractivity contribution is 0.254. The van der Waals surface area contributed by atoms with Gasteiger partial charge in [0.25, 0.3) is 5.56 Å². The maximum Gasteiger partial charge on any atom is 0.264 e. The maximum atomic E-state index is 12.0. The van der Waals surface area contributed by atoms with Gasteiger partial charge in [0.05, 0.1) is 4.47 Å². The predicted molar refractivity (Wildman–Crippen MR) is 83.0 cm³/mol. The van der Waals surface area contributed by atoms with E-state index in [0.29, 0.717) is 11.0 Å². The van der Waals surface area contributed by atoms with E-state index in [1.165, 1.54) is 0 Å². The Hall–Kier alpha value is 0.260. The van der Waals surface area contributed by atoms with Crippen molar-refractivity contribution in [3.63, 3.8) is 0 Å². The fourth-order valence-corrected chi connectivity index (χ4v) is 3.60. The van der Waals surface area contributed by atoms with Gasteiger partial charge < -0.3 is 4.57 Å². The van der Waals surface area contributed by atoms with Crippen molar-refractivity contribution in [3.8, 4) is 0 Å². The minimum Gasteiger partial charge on any atom is -0.313 e. The van der Waals surface area contributed by atoms with Crippen LogP contribution in [-0.2, 0) is 6.54 Å². The number of hydrogen-bond acceptors (Lipinski definition) is 2. The Kier molecular flexibility index (Phi) is 5.80. The van der Waals surface area contributed by atoms with Crippen LogP contribution in [0.1, 0.15) is 26.7 Å². The highest BCUT2D eigenvalue weighted by molar-refractivity contribution is 9.11. The molecule has 0 saturated heterocycles. The SMILES string of the molecule is CCC(CC)(CS)Cn1cc(Br)cc(Br)c1=O. The molecule has 0 fully saturated rings. The Bertz CT molecular complexity index is 432. The molecule has 0 radical (unpaired) electrons. The van der Waals surface area contributed by atoms with Crippen LogP contribution in [0.2, 0.25) is 0 Å². The van der Waals surface area contributed by atoms with Gasteiger partial charge in [-0.05, 0) is 61.9 Å². The molecule has 0 bridgehead atoms. The van der Waals surface area contributed by atoms with E-state index in [2.05, 4.69) is 58.3 Å². The van der Waals surface area contributed by atoms with Crippen molar-refractivity contribution >= 4 is 44.5 Å². The van der Waals surface area contributed by atoms with Crippen molar-refractivity contribution < 1.29 is 0 Å². The fraction of sp³-hybridized carbons (Fsp3) is 0.583. The summed E-state index contributed by atoms with van der Waals surface area (Å²) in [7, 11) is 0. The van der Waals surface area contributed by atoms with Gasteiger partial charge in [-0.2, -0.15) is 12.6 Å². The Balaban J connectivity index is 3.14. The molecule has 0 unspecified atom stereocenters. The Morgan fingerprint density at radius 3 is 2.41 bits per heavy atom. The molecule has 5 heteroatoms. The molecule has 0 aliphatic carbocycles. The van der Waals surface area contributed by atoms with E-state index in [9.17, 15) is 4.79 Å². The number of thiol groups is 1. The zero-order valence-corrected chi connectivity index (χ0v) is 14.1. The summed E-state index contributed by atoms with van der Waals surface area (Å²) in [5.74, 6) is 0.788. The maximum absolute atomic E-state index is 12.0. The molecule has 0 aliphatic heterocycles. The topological polar surface area (TPSA) is 22.0 Å². The van der Waals surface area contributed by atoms with Crippen molar-refractivity contribution in [1.29, 1.82) is 0 Å². The molecule has 2 nitrogen and oxygen atoms in total. The first kappa shape index (κ1) is 15.3. The molecule has 0 aromatic carbocycles. The van der Waals surface area contributed by atoms with E-state index >= 15 is 0 Å². The zero-order chi connectivity index (χ0) is 13.1. The third kappa shape index (κ3) is 3.61. The Labute approximate surface area is 124 Å². The van der Waals surface area contributed by atoms with E-state index in [0.717, 1.165) is 23.1 Å². The van der Waals surface area contributed by atoms with Gasteiger partial charge in [-0.1, -0.05) is 13.8 Å². The molecule has 0 N–H and O–H groups in total. The molecule has 1 rings (SSSR count). The molecule has 1 heterocycles. The van der Waals surface area contributed by atoms with E-state index in [1.54, 1.807) is 10.6 Å².